The molecule has 0 radical (unpaired) electrons. The summed E-state index contributed by atoms with van der Waals surface area (Å²) in [5, 5.41) is 3.68. The molecule has 0 unspecified atom stereocenters. The summed E-state index contributed by atoms with van der Waals surface area (Å²) >= 11 is 9.35. The van der Waals surface area contributed by atoms with Gasteiger partial charge in [-0.05, 0) is 41.6 Å². The van der Waals surface area contributed by atoms with Crippen LogP contribution in [0, 0.1) is 0 Å². The van der Waals surface area contributed by atoms with Crippen molar-refractivity contribution in [2.75, 3.05) is 5.32 Å². The van der Waals surface area contributed by atoms with E-state index in [1.807, 2.05) is 0 Å². The summed E-state index contributed by atoms with van der Waals surface area (Å²) in [7, 11) is 0. The summed E-state index contributed by atoms with van der Waals surface area (Å²) in [6, 6.07) is 0.473. The third-order valence-electron chi connectivity index (χ3n) is 2.61. The molecule has 0 atom stereocenters. The first kappa shape index (κ1) is 11.1. The van der Waals surface area contributed by atoms with Gasteiger partial charge in [-0.2, -0.15) is 0 Å². The average molecular weight is 291 g/mol. The molecule has 1 aromatic rings. The van der Waals surface area contributed by atoms with Gasteiger partial charge in [-0.25, -0.2) is 9.97 Å². The highest BCUT2D eigenvalue weighted by Gasteiger charge is 2.19. The maximum absolute atomic E-state index is 6.04. The molecule has 0 bridgehead atoms. The molecule has 3 nitrogen and oxygen atoms in total. The summed E-state index contributed by atoms with van der Waals surface area (Å²) in [5.41, 5.74) is 0. The lowest BCUT2D eigenvalue weighted by Gasteiger charge is -2.25. The summed E-state index contributed by atoms with van der Waals surface area (Å²) in [6.07, 6.45) is 7.87. The fourth-order valence-electron chi connectivity index (χ4n) is 1.77. The molecule has 2 rings (SSSR count). The Bertz CT molecular complexity index is 309. The van der Waals surface area contributed by atoms with E-state index in [1.165, 1.54) is 0 Å². The van der Waals surface area contributed by atoms with Crippen LogP contribution in [-0.2, 0) is 0 Å². The number of rotatable bonds is 2. The summed E-state index contributed by atoms with van der Waals surface area (Å²) in [6.45, 7) is 0. The zero-order valence-corrected chi connectivity index (χ0v) is 10.6. The monoisotopic (exact) mass is 289 g/mol. The highest BCUT2D eigenvalue weighted by Crippen LogP contribution is 2.24. The van der Waals surface area contributed by atoms with Crippen molar-refractivity contribution in [3.05, 3.63) is 16.9 Å². The second-order valence-corrected chi connectivity index (χ2v) is 5.35. The second kappa shape index (κ2) is 5.12. The smallest absolute Gasteiger partial charge is 0.222 e. The Morgan fingerprint density at radius 1 is 1.20 bits per heavy atom. The predicted molar refractivity (Wildman–Crippen MR) is 65.3 cm³/mol. The molecule has 1 heterocycles. The fourth-order valence-corrected chi connectivity index (χ4v) is 2.22. The minimum atomic E-state index is 0.355. The quantitative estimate of drug-likeness (QED) is 0.850. The maximum Gasteiger partial charge on any atom is 0.222 e. The van der Waals surface area contributed by atoms with Gasteiger partial charge in [-0.1, -0.05) is 0 Å². The predicted octanol–water partition coefficient (Wildman–Crippen LogP) is 3.20. The van der Waals surface area contributed by atoms with E-state index in [0.29, 0.717) is 17.4 Å². The van der Waals surface area contributed by atoms with Crippen LogP contribution in [-0.4, -0.2) is 21.4 Å². The first-order valence-corrected chi connectivity index (χ1v) is 6.35. The van der Waals surface area contributed by atoms with Crippen LogP contribution in [0.2, 0.25) is 0 Å². The highest BCUT2D eigenvalue weighted by atomic mass is 79.9. The van der Waals surface area contributed by atoms with Crippen LogP contribution >= 0.6 is 27.5 Å². The lowest BCUT2D eigenvalue weighted by molar-refractivity contribution is 0.466. The molecule has 15 heavy (non-hydrogen) atoms. The molecule has 1 fully saturated rings. The summed E-state index contributed by atoms with van der Waals surface area (Å²) in [4.78, 5) is 8.38. The average Bonchev–Trinajstić information content (AvgIpc) is 2.25. The van der Waals surface area contributed by atoms with Gasteiger partial charge >= 0.3 is 0 Å². The minimum absolute atomic E-state index is 0.355. The highest BCUT2D eigenvalue weighted by molar-refractivity contribution is 9.10. The fraction of sp³-hybridized carbons (Fsp3) is 0.600. The lowest BCUT2D eigenvalue weighted by Crippen LogP contribution is -2.27. The third-order valence-corrected chi connectivity index (χ3v) is 3.46. The molecule has 0 amide bonds. The Kier molecular flexibility index (Phi) is 3.81. The van der Waals surface area contributed by atoms with Crippen LogP contribution in [0.3, 0.4) is 0 Å². The molecule has 0 spiro atoms. The van der Waals surface area contributed by atoms with E-state index < -0.39 is 0 Å². The molecule has 1 aliphatic carbocycles. The molecule has 1 aliphatic rings. The number of halogens is 2. The normalized spacial score (nSPS) is 26.3. The summed E-state index contributed by atoms with van der Waals surface area (Å²) < 4.78 is 0.900. The molecule has 1 aromatic heterocycles. The number of nitrogens with zero attached hydrogens (tertiary/aromatic N) is 2. The Hall–Kier alpha value is -0.350. The zero-order valence-electron chi connectivity index (χ0n) is 8.29. The first-order chi connectivity index (χ1) is 7.24. The van der Waals surface area contributed by atoms with Crippen molar-refractivity contribution in [1.29, 1.82) is 0 Å². The number of nitrogens with one attached hydrogen (secondary N) is 1. The second-order valence-electron chi connectivity index (χ2n) is 3.82. The van der Waals surface area contributed by atoms with Crippen LogP contribution in [0.5, 0.6) is 0 Å². The maximum atomic E-state index is 6.04. The molecule has 5 heteroatoms. The molecule has 1 saturated carbocycles. The topological polar surface area (TPSA) is 37.8 Å². The molecule has 1 N–H and O–H groups in total. The van der Waals surface area contributed by atoms with Gasteiger partial charge in [0.1, 0.15) is 0 Å². The molecule has 0 aliphatic heterocycles. The molecular weight excluding hydrogens is 277 g/mol. The number of hydrogen-bond acceptors (Lipinski definition) is 3. The van der Waals surface area contributed by atoms with E-state index in [4.69, 9.17) is 11.6 Å². The van der Waals surface area contributed by atoms with E-state index in [2.05, 4.69) is 31.2 Å². The van der Waals surface area contributed by atoms with Crippen molar-refractivity contribution in [1.82, 2.24) is 9.97 Å². The molecule has 0 saturated heterocycles. The van der Waals surface area contributed by atoms with Crippen molar-refractivity contribution in [3.63, 3.8) is 0 Å². The van der Waals surface area contributed by atoms with Crippen LogP contribution < -0.4 is 5.32 Å². The van der Waals surface area contributed by atoms with Crippen molar-refractivity contribution in [2.45, 2.75) is 37.1 Å². The minimum Gasteiger partial charge on any atom is -0.351 e. The van der Waals surface area contributed by atoms with Gasteiger partial charge in [-0.15, -0.1) is 11.6 Å². The SMILES string of the molecule is ClC1CCC(Nc2ncc(Br)cn2)CC1. The molecular formula is C10H13BrClN3. The zero-order chi connectivity index (χ0) is 10.7. The standard InChI is InChI=1S/C10H13BrClN3/c11-7-5-13-10(14-6-7)15-9-3-1-8(12)2-4-9/h5-6,8-9H,1-4H2,(H,13,14,15). The largest absolute Gasteiger partial charge is 0.351 e. The van der Waals surface area contributed by atoms with Crippen LogP contribution in [0.1, 0.15) is 25.7 Å². The third kappa shape index (κ3) is 3.31. The van der Waals surface area contributed by atoms with Gasteiger partial charge in [0.05, 0.1) is 4.47 Å². The first-order valence-electron chi connectivity index (χ1n) is 5.12. The van der Waals surface area contributed by atoms with E-state index in [-0.39, 0.29) is 0 Å². The van der Waals surface area contributed by atoms with Gasteiger partial charge in [0.2, 0.25) is 5.95 Å². The Morgan fingerprint density at radius 3 is 2.40 bits per heavy atom. The Morgan fingerprint density at radius 2 is 1.80 bits per heavy atom. The van der Waals surface area contributed by atoms with Gasteiger partial charge in [0, 0.05) is 23.8 Å². The van der Waals surface area contributed by atoms with E-state index >= 15 is 0 Å². The number of alkyl halides is 1. The molecule has 82 valence electrons. The van der Waals surface area contributed by atoms with Crippen molar-refractivity contribution in [2.24, 2.45) is 0 Å². The van der Waals surface area contributed by atoms with Gasteiger partial charge < -0.3 is 5.32 Å². The van der Waals surface area contributed by atoms with E-state index in [0.717, 1.165) is 30.2 Å². The number of hydrogen-bond donors (Lipinski definition) is 1. The number of aromatic nitrogens is 2. The molecule has 0 aromatic carbocycles. The van der Waals surface area contributed by atoms with Crippen LogP contribution in [0.15, 0.2) is 16.9 Å². The van der Waals surface area contributed by atoms with Gasteiger partial charge in [0.15, 0.2) is 0 Å². The van der Waals surface area contributed by atoms with Crippen molar-refractivity contribution in [3.8, 4) is 0 Å². The van der Waals surface area contributed by atoms with E-state index in [9.17, 15) is 0 Å². The van der Waals surface area contributed by atoms with Crippen molar-refractivity contribution >= 4 is 33.5 Å². The van der Waals surface area contributed by atoms with Crippen LogP contribution in [0.4, 0.5) is 5.95 Å². The lowest BCUT2D eigenvalue weighted by atomic mass is 9.95. The van der Waals surface area contributed by atoms with Crippen molar-refractivity contribution < 1.29 is 0 Å². The van der Waals surface area contributed by atoms with Gasteiger partial charge in [-0.3, -0.25) is 0 Å². The van der Waals surface area contributed by atoms with E-state index in [1.54, 1.807) is 12.4 Å². The van der Waals surface area contributed by atoms with Gasteiger partial charge in [0.25, 0.3) is 0 Å². The Balaban J connectivity index is 1.89. The number of anilines is 1. The Labute approximate surface area is 103 Å². The summed E-state index contributed by atoms with van der Waals surface area (Å²) in [5.74, 6) is 0.705. The van der Waals surface area contributed by atoms with Crippen LogP contribution in [0.25, 0.3) is 0 Å².